The van der Waals surface area contributed by atoms with Crippen LogP contribution < -0.4 is 0 Å². The van der Waals surface area contributed by atoms with E-state index in [4.69, 9.17) is 11.6 Å². The Bertz CT molecular complexity index is 456. The zero-order chi connectivity index (χ0) is 14.5. The van der Waals surface area contributed by atoms with Crippen LogP contribution in [-0.2, 0) is 0 Å². The van der Waals surface area contributed by atoms with Gasteiger partial charge in [-0.3, -0.25) is 14.6 Å². The van der Waals surface area contributed by atoms with E-state index in [9.17, 15) is 4.79 Å². The first kappa shape index (κ1) is 15.5. The minimum atomic E-state index is 0.157. The second-order valence-electron chi connectivity index (χ2n) is 5.50. The molecule has 1 atom stereocenters. The van der Waals surface area contributed by atoms with E-state index in [1.165, 1.54) is 6.42 Å². The van der Waals surface area contributed by atoms with E-state index in [0.717, 1.165) is 26.2 Å². The predicted molar refractivity (Wildman–Crippen MR) is 83.5 cm³/mol. The molecule has 0 bridgehead atoms. The largest absolute Gasteiger partial charge is 0.298 e. The third-order valence-electron chi connectivity index (χ3n) is 4.13. The molecule has 1 aromatic rings. The van der Waals surface area contributed by atoms with Gasteiger partial charge in [0.15, 0.2) is 5.78 Å². The molecule has 0 N–H and O–H groups in total. The van der Waals surface area contributed by atoms with Gasteiger partial charge < -0.3 is 0 Å². The molecule has 0 aliphatic carbocycles. The van der Waals surface area contributed by atoms with Crippen LogP contribution in [0.5, 0.6) is 0 Å². The van der Waals surface area contributed by atoms with Crippen molar-refractivity contribution in [2.45, 2.75) is 26.3 Å². The molecule has 0 aromatic heterocycles. The lowest BCUT2D eigenvalue weighted by Gasteiger charge is -2.37. The molecular weight excluding hydrogens is 272 g/mol. The van der Waals surface area contributed by atoms with Crippen LogP contribution in [0.4, 0.5) is 0 Å². The van der Waals surface area contributed by atoms with E-state index in [2.05, 4.69) is 23.6 Å². The zero-order valence-corrected chi connectivity index (χ0v) is 13.1. The van der Waals surface area contributed by atoms with Gasteiger partial charge >= 0.3 is 0 Å². The van der Waals surface area contributed by atoms with Crippen LogP contribution in [0.25, 0.3) is 0 Å². The van der Waals surface area contributed by atoms with Gasteiger partial charge in [0, 0.05) is 42.8 Å². The number of benzene rings is 1. The van der Waals surface area contributed by atoms with Crippen molar-refractivity contribution in [3.8, 4) is 0 Å². The minimum absolute atomic E-state index is 0.157. The summed E-state index contributed by atoms with van der Waals surface area (Å²) in [5.74, 6) is 0.157. The quantitative estimate of drug-likeness (QED) is 0.780. The van der Waals surface area contributed by atoms with E-state index in [-0.39, 0.29) is 5.78 Å². The maximum absolute atomic E-state index is 12.2. The highest BCUT2D eigenvalue weighted by molar-refractivity contribution is 6.31. The molecule has 1 aromatic carbocycles. The van der Waals surface area contributed by atoms with Gasteiger partial charge in [-0.1, -0.05) is 30.7 Å². The van der Waals surface area contributed by atoms with Crippen molar-refractivity contribution >= 4 is 17.4 Å². The summed E-state index contributed by atoms with van der Waals surface area (Å²) in [5, 5.41) is 0.623. The number of Topliss-reactive ketones (excluding diaryl/α,β-unsaturated/α-hetero) is 1. The molecule has 2 rings (SSSR count). The SMILES string of the molecule is CCC(C)N1CCN(CC(=O)c2cccc(Cl)c2)CC1. The van der Waals surface area contributed by atoms with Gasteiger partial charge in [0.2, 0.25) is 0 Å². The van der Waals surface area contributed by atoms with Gasteiger partial charge in [0.05, 0.1) is 6.54 Å². The Hall–Kier alpha value is -0.900. The second kappa shape index (κ2) is 7.21. The molecule has 0 radical (unpaired) electrons. The molecule has 110 valence electrons. The third kappa shape index (κ3) is 4.05. The lowest BCUT2D eigenvalue weighted by molar-refractivity contribution is 0.0784. The number of hydrogen-bond donors (Lipinski definition) is 0. The summed E-state index contributed by atoms with van der Waals surface area (Å²) in [4.78, 5) is 17.0. The first-order valence-electron chi connectivity index (χ1n) is 7.35. The number of piperazine rings is 1. The van der Waals surface area contributed by atoms with Gasteiger partial charge in [0.25, 0.3) is 0 Å². The number of halogens is 1. The Labute approximate surface area is 126 Å². The van der Waals surface area contributed by atoms with Crippen molar-refractivity contribution in [1.82, 2.24) is 9.80 Å². The lowest BCUT2D eigenvalue weighted by Crippen LogP contribution is -2.50. The summed E-state index contributed by atoms with van der Waals surface area (Å²) in [5.41, 5.74) is 0.710. The average Bonchev–Trinajstić information content (AvgIpc) is 2.47. The van der Waals surface area contributed by atoms with Crippen LogP contribution >= 0.6 is 11.6 Å². The smallest absolute Gasteiger partial charge is 0.176 e. The van der Waals surface area contributed by atoms with Crippen molar-refractivity contribution < 1.29 is 4.79 Å². The number of carbonyl (C=O) groups is 1. The van der Waals surface area contributed by atoms with Crippen LogP contribution in [0.3, 0.4) is 0 Å². The molecule has 1 fully saturated rings. The molecule has 3 nitrogen and oxygen atoms in total. The highest BCUT2D eigenvalue weighted by Gasteiger charge is 2.21. The van der Waals surface area contributed by atoms with Crippen molar-refractivity contribution in [1.29, 1.82) is 0 Å². The second-order valence-corrected chi connectivity index (χ2v) is 5.94. The molecule has 1 aliphatic rings. The van der Waals surface area contributed by atoms with Gasteiger partial charge in [-0.15, -0.1) is 0 Å². The number of hydrogen-bond acceptors (Lipinski definition) is 3. The van der Waals surface area contributed by atoms with E-state index >= 15 is 0 Å². The summed E-state index contributed by atoms with van der Waals surface area (Å²) in [6, 6.07) is 7.85. The van der Waals surface area contributed by atoms with Crippen molar-refractivity contribution in [3.05, 3.63) is 34.9 Å². The van der Waals surface area contributed by atoms with Crippen LogP contribution in [0.15, 0.2) is 24.3 Å². The summed E-state index contributed by atoms with van der Waals surface area (Å²) in [7, 11) is 0. The summed E-state index contributed by atoms with van der Waals surface area (Å²) < 4.78 is 0. The number of ketones is 1. The number of carbonyl (C=O) groups excluding carboxylic acids is 1. The fraction of sp³-hybridized carbons (Fsp3) is 0.562. The van der Waals surface area contributed by atoms with E-state index in [0.29, 0.717) is 23.2 Å². The maximum atomic E-state index is 12.2. The number of rotatable bonds is 5. The van der Waals surface area contributed by atoms with Crippen molar-refractivity contribution in [2.24, 2.45) is 0 Å². The summed E-state index contributed by atoms with van der Waals surface area (Å²) in [6.45, 7) is 9.03. The molecule has 1 aliphatic heterocycles. The fourth-order valence-electron chi connectivity index (χ4n) is 2.58. The number of nitrogens with zero attached hydrogens (tertiary/aromatic N) is 2. The van der Waals surface area contributed by atoms with Crippen LogP contribution in [-0.4, -0.2) is 54.3 Å². The molecule has 1 unspecified atom stereocenters. The molecule has 0 spiro atoms. The average molecular weight is 295 g/mol. The Balaban J connectivity index is 1.85. The van der Waals surface area contributed by atoms with Crippen molar-refractivity contribution in [2.75, 3.05) is 32.7 Å². The Morgan fingerprint density at radius 2 is 2.00 bits per heavy atom. The fourth-order valence-corrected chi connectivity index (χ4v) is 2.77. The van der Waals surface area contributed by atoms with E-state index in [1.54, 1.807) is 12.1 Å². The first-order valence-corrected chi connectivity index (χ1v) is 7.73. The molecule has 0 saturated carbocycles. The molecule has 0 amide bonds. The summed E-state index contributed by atoms with van der Waals surface area (Å²) >= 11 is 5.93. The Morgan fingerprint density at radius 3 is 2.60 bits per heavy atom. The van der Waals surface area contributed by atoms with Gasteiger partial charge in [-0.05, 0) is 25.5 Å². The Kier molecular flexibility index (Phi) is 5.58. The lowest BCUT2D eigenvalue weighted by atomic mass is 10.1. The molecule has 4 heteroatoms. The highest BCUT2D eigenvalue weighted by Crippen LogP contribution is 2.13. The van der Waals surface area contributed by atoms with Crippen LogP contribution in [0.2, 0.25) is 5.02 Å². The Morgan fingerprint density at radius 1 is 1.30 bits per heavy atom. The van der Waals surface area contributed by atoms with Gasteiger partial charge in [-0.2, -0.15) is 0 Å². The first-order chi connectivity index (χ1) is 9.60. The van der Waals surface area contributed by atoms with Crippen LogP contribution in [0, 0.1) is 0 Å². The highest BCUT2D eigenvalue weighted by atomic mass is 35.5. The third-order valence-corrected chi connectivity index (χ3v) is 4.37. The van der Waals surface area contributed by atoms with E-state index in [1.807, 2.05) is 12.1 Å². The maximum Gasteiger partial charge on any atom is 0.176 e. The monoisotopic (exact) mass is 294 g/mol. The zero-order valence-electron chi connectivity index (χ0n) is 12.3. The van der Waals surface area contributed by atoms with Gasteiger partial charge in [-0.25, -0.2) is 0 Å². The minimum Gasteiger partial charge on any atom is -0.298 e. The van der Waals surface area contributed by atoms with Gasteiger partial charge in [0.1, 0.15) is 0 Å². The molecular formula is C16H23ClN2O. The normalized spacial score (nSPS) is 18.9. The topological polar surface area (TPSA) is 23.6 Å². The van der Waals surface area contributed by atoms with Crippen LogP contribution in [0.1, 0.15) is 30.6 Å². The predicted octanol–water partition coefficient (Wildman–Crippen LogP) is 2.94. The molecule has 1 heterocycles. The van der Waals surface area contributed by atoms with Crippen molar-refractivity contribution in [3.63, 3.8) is 0 Å². The standard InChI is InChI=1S/C16H23ClN2O/c1-3-13(2)19-9-7-18(8-10-19)12-16(20)14-5-4-6-15(17)11-14/h4-6,11,13H,3,7-10,12H2,1-2H3. The molecule has 20 heavy (non-hydrogen) atoms. The van der Waals surface area contributed by atoms with E-state index < -0.39 is 0 Å². The molecule has 1 saturated heterocycles. The summed E-state index contributed by atoms with van der Waals surface area (Å²) in [6.07, 6.45) is 1.18.